The van der Waals surface area contributed by atoms with E-state index >= 15 is 0 Å². The Balaban J connectivity index is 1.23. The summed E-state index contributed by atoms with van der Waals surface area (Å²) in [5, 5.41) is 4.43. The second-order valence-corrected chi connectivity index (χ2v) is 10.4. The first kappa shape index (κ1) is 23.9. The molecule has 3 N–H and O–H groups in total. The number of piperidine rings is 1. The topological polar surface area (TPSA) is 81.2 Å². The molecule has 192 valence electrons. The van der Waals surface area contributed by atoms with Crippen LogP contribution in [0.3, 0.4) is 0 Å². The van der Waals surface area contributed by atoms with E-state index in [0.717, 1.165) is 46.5 Å². The fourth-order valence-corrected chi connectivity index (χ4v) is 6.21. The average molecular weight is 497 g/mol. The predicted octanol–water partition coefficient (Wildman–Crippen LogP) is 5.64. The second kappa shape index (κ2) is 10.5. The first-order valence-corrected chi connectivity index (χ1v) is 13.6. The summed E-state index contributed by atoms with van der Waals surface area (Å²) in [6.45, 7) is 2.41. The summed E-state index contributed by atoms with van der Waals surface area (Å²) >= 11 is 0. The summed E-state index contributed by atoms with van der Waals surface area (Å²) in [5.74, 6) is 2.16. The Morgan fingerprint density at radius 3 is 2.38 bits per heavy atom. The lowest BCUT2D eigenvalue weighted by Gasteiger charge is -2.41. The van der Waals surface area contributed by atoms with E-state index in [1.807, 2.05) is 42.5 Å². The van der Waals surface area contributed by atoms with Gasteiger partial charge in [-0.25, -0.2) is 9.97 Å². The molecule has 37 heavy (non-hydrogen) atoms. The highest BCUT2D eigenvalue weighted by atomic mass is 16.5. The van der Waals surface area contributed by atoms with E-state index in [1.54, 1.807) is 6.33 Å². The minimum Gasteiger partial charge on any atom is -0.457 e. The lowest BCUT2D eigenvalue weighted by molar-refractivity contribution is 0.101. The maximum absolute atomic E-state index is 6.41. The first-order chi connectivity index (χ1) is 18.2. The van der Waals surface area contributed by atoms with Gasteiger partial charge in [0, 0.05) is 36.4 Å². The number of para-hydroxylation sites is 1. The van der Waals surface area contributed by atoms with Crippen molar-refractivity contribution in [1.29, 1.82) is 0 Å². The summed E-state index contributed by atoms with van der Waals surface area (Å²) in [7, 11) is 2.09. The van der Waals surface area contributed by atoms with Gasteiger partial charge in [0.15, 0.2) is 0 Å². The van der Waals surface area contributed by atoms with Crippen molar-refractivity contribution in [3.8, 4) is 22.6 Å². The zero-order valence-electron chi connectivity index (χ0n) is 21.5. The van der Waals surface area contributed by atoms with Crippen LogP contribution in [0.2, 0.25) is 0 Å². The van der Waals surface area contributed by atoms with E-state index in [1.165, 1.54) is 38.8 Å². The molecular formula is C30H36N6O. The molecule has 2 aromatic carbocycles. The van der Waals surface area contributed by atoms with Gasteiger partial charge in [-0.3, -0.25) is 4.90 Å². The van der Waals surface area contributed by atoms with Crippen LogP contribution in [0.15, 0.2) is 67.1 Å². The molecule has 2 fully saturated rings. The third kappa shape index (κ3) is 4.93. The number of hydrogen-bond donors (Lipinski definition) is 2. The lowest BCUT2D eigenvalue weighted by atomic mass is 9.88. The van der Waals surface area contributed by atoms with Crippen LogP contribution < -0.4 is 15.8 Å². The van der Waals surface area contributed by atoms with Gasteiger partial charge in [0.05, 0.1) is 5.39 Å². The molecule has 7 heteroatoms. The largest absolute Gasteiger partial charge is 0.457 e. The number of nitrogens with one attached hydrogen (secondary N) is 1. The fourth-order valence-electron chi connectivity index (χ4n) is 6.21. The number of likely N-dealkylation sites (N-methyl/N-ethyl adjacent to an activating group) is 1. The van der Waals surface area contributed by atoms with Gasteiger partial charge < -0.3 is 20.4 Å². The third-order valence-corrected chi connectivity index (χ3v) is 8.22. The van der Waals surface area contributed by atoms with Gasteiger partial charge in [-0.2, -0.15) is 0 Å². The number of nitrogens with two attached hydrogens (primary N) is 1. The van der Waals surface area contributed by atoms with E-state index in [9.17, 15) is 0 Å². The molecule has 2 aromatic heterocycles. The number of nitrogens with zero attached hydrogens (tertiary/aromatic N) is 4. The van der Waals surface area contributed by atoms with Gasteiger partial charge in [0.1, 0.15) is 29.3 Å². The number of anilines is 1. The van der Waals surface area contributed by atoms with Crippen LogP contribution >= 0.6 is 0 Å². The number of aromatic nitrogens is 3. The lowest BCUT2D eigenvalue weighted by Crippen LogP contribution is -2.49. The van der Waals surface area contributed by atoms with Crippen molar-refractivity contribution in [3.63, 3.8) is 0 Å². The van der Waals surface area contributed by atoms with E-state index in [0.29, 0.717) is 23.9 Å². The number of ether oxygens (including phenoxy) is 1. The van der Waals surface area contributed by atoms with Gasteiger partial charge in [0.25, 0.3) is 0 Å². The number of hydrogen-bond acceptors (Lipinski definition) is 6. The van der Waals surface area contributed by atoms with Crippen molar-refractivity contribution >= 4 is 16.9 Å². The zero-order chi connectivity index (χ0) is 25.2. The van der Waals surface area contributed by atoms with Crippen molar-refractivity contribution in [3.05, 3.63) is 67.1 Å². The molecule has 1 saturated heterocycles. The summed E-state index contributed by atoms with van der Waals surface area (Å²) in [6.07, 6.45) is 11.2. The monoisotopic (exact) mass is 496 g/mol. The smallest absolute Gasteiger partial charge is 0.146 e. The summed E-state index contributed by atoms with van der Waals surface area (Å²) in [4.78, 5) is 11.7. The molecule has 7 nitrogen and oxygen atoms in total. The maximum Gasteiger partial charge on any atom is 0.146 e. The number of nitrogen functional groups attached to an aromatic ring is 1. The first-order valence-electron chi connectivity index (χ1n) is 13.6. The zero-order valence-corrected chi connectivity index (χ0v) is 21.5. The Morgan fingerprint density at radius 1 is 0.892 bits per heavy atom. The number of benzene rings is 2. The summed E-state index contributed by atoms with van der Waals surface area (Å²) in [5.41, 5.74) is 9.51. The predicted molar refractivity (Wildman–Crippen MR) is 149 cm³/mol. The van der Waals surface area contributed by atoms with Gasteiger partial charge >= 0.3 is 0 Å². The second-order valence-electron chi connectivity index (χ2n) is 10.4. The molecule has 1 aliphatic heterocycles. The Hall–Kier alpha value is -3.42. The van der Waals surface area contributed by atoms with Gasteiger partial charge in [-0.1, -0.05) is 30.3 Å². The number of likely N-dealkylation sites (tertiary alicyclic amines) is 1. The molecule has 4 aromatic rings. The van der Waals surface area contributed by atoms with Gasteiger partial charge in [-0.15, -0.1) is 0 Å². The summed E-state index contributed by atoms with van der Waals surface area (Å²) in [6, 6.07) is 19.8. The maximum atomic E-state index is 6.41. The molecule has 6 rings (SSSR count). The van der Waals surface area contributed by atoms with Crippen LogP contribution in [0.5, 0.6) is 11.5 Å². The van der Waals surface area contributed by atoms with Gasteiger partial charge in [-0.05, 0) is 81.9 Å². The van der Waals surface area contributed by atoms with Crippen LogP contribution in [-0.4, -0.2) is 51.7 Å². The highest BCUT2D eigenvalue weighted by Crippen LogP contribution is 2.39. The van der Waals surface area contributed by atoms with E-state index in [-0.39, 0.29) is 0 Å². The Bertz CT molecular complexity index is 1330. The highest BCUT2D eigenvalue weighted by Gasteiger charge is 2.31. The Morgan fingerprint density at radius 2 is 1.62 bits per heavy atom. The molecule has 0 radical (unpaired) electrons. The van der Waals surface area contributed by atoms with Crippen molar-refractivity contribution in [2.75, 3.05) is 25.9 Å². The van der Waals surface area contributed by atoms with E-state index in [4.69, 9.17) is 15.5 Å². The Labute approximate surface area is 218 Å². The molecule has 1 aliphatic carbocycles. The molecule has 0 bridgehead atoms. The molecular weight excluding hydrogens is 460 g/mol. The standard InChI is InChI=1S/C30H36N6O/c1-32-22-6-5-17-35(18-22)23-11-13-24(14-12-23)36-19-27(28-29(31)33-20-34-30(28)36)21-9-15-26(16-10-21)37-25-7-3-2-4-8-25/h2-4,7-10,15-16,19-20,22-24,32H,5-6,11-14,17-18H2,1H3,(H2,31,33,34). The minimum absolute atomic E-state index is 0.423. The number of rotatable bonds is 6. The van der Waals surface area contributed by atoms with Crippen molar-refractivity contribution in [2.24, 2.45) is 0 Å². The third-order valence-electron chi connectivity index (χ3n) is 8.22. The molecule has 0 amide bonds. The van der Waals surface area contributed by atoms with Crippen LogP contribution in [0.25, 0.3) is 22.2 Å². The van der Waals surface area contributed by atoms with Crippen molar-refractivity contribution in [1.82, 2.24) is 24.8 Å². The molecule has 1 unspecified atom stereocenters. The van der Waals surface area contributed by atoms with Crippen molar-refractivity contribution < 1.29 is 4.74 Å². The van der Waals surface area contributed by atoms with Crippen LogP contribution in [0, 0.1) is 0 Å². The van der Waals surface area contributed by atoms with Crippen LogP contribution in [0.4, 0.5) is 5.82 Å². The summed E-state index contributed by atoms with van der Waals surface area (Å²) < 4.78 is 8.35. The fraction of sp³-hybridized carbons (Fsp3) is 0.400. The highest BCUT2D eigenvalue weighted by molar-refractivity contribution is 6.00. The number of fused-ring (bicyclic) bond motifs is 1. The Kier molecular flexibility index (Phi) is 6.81. The molecule has 3 heterocycles. The SMILES string of the molecule is CNC1CCCN(C2CCC(n3cc(-c4ccc(Oc5ccccc5)cc4)c4c(N)ncnc43)CC2)C1. The van der Waals surface area contributed by atoms with Crippen molar-refractivity contribution in [2.45, 2.75) is 56.7 Å². The molecule has 1 saturated carbocycles. The van der Waals surface area contributed by atoms with Crippen LogP contribution in [-0.2, 0) is 0 Å². The minimum atomic E-state index is 0.423. The van der Waals surface area contributed by atoms with E-state index < -0.39 is 0 Å². The normalized spacial score (nSPS) is 22.8. The average Bonchev–Trinajstić information content (AvgIpc) is 3.35. The van der Waals surface area contributed by atoms with E-state index in [2.05, 4.69) is 45.1 Å². The molecule has 0 spiro atoms. The molecule has 2 aliphatic rings. The quantitative estimate of drug-likeness (QED) is 0.360. The van der Waals surface area contributed by atoms with Crippen LogP contribution in [0.1, 0.15) is 44.6 Å². The molecule has 1 atom stereocenters. The van der Waals surface area contributed by atoms with Gasteiger partial charge in [0.2, 0.25) is 0 Å².